The third-order valence-electron chi connectivity index (χ3n) is 3.01. The first-order chi connectivity index (χ1) is 8.99. The lowest BCUT2D eigenvalue weighted by Crippen LogP contribution is -2.27. The summed E-state index contributed by atoms with van der Waals surface area (Å²) < 4.78 is 13.5. The molecule has 1 aromatic carbocycles. The molecule has 100 valence electrons. The molecule has 4 heteroatoms. The molecule has 0 fully saturated rings. The lowest BCUT2D eigenvalue weighted by molar-refractivity contribution is 0.0936. The topological polar surface area (TPSA) is 29.1 Å². The number of benzene rings is 1. The van der Waals surface area contributed by atoms with Gasteiger partial charge in [-0.15, -0.1) is 11.3 Å². The highest BCUT2D eigenvalue weighted by atomic mass is 32.1. The monoisotopic (exact) mass is 277 g/mol. The molecule has 2 aromatic rings. The number of nitrogens with one attached hydrogen (secondary N) is 1. The Balaban J connectivity index is 2.15. The third kappa shape index (κ3) is 3.01. The van der Waals surface area contributed by atoms with Gasteiger partial charge in [0, 0.05) is 9.75 Å². The minimum Gasteiger partial charge on any atom is -0.345 e. The normalized spacial score (nSPS) is 12.2. The SMILES string of the molecule is Cc1cc(C(C)NC(=O)c2ccccc2F)c(C)s1. The van der Waals surface area contributed by atoms with Gasteiger partial charge in [0.2, 0.25) is 0 Å². The average Bonchev–Trinajstić information content (AvgIpc) is 2.69. The van der Waals surface area contributed by atoms with Crippen LogP contribution in [0, 0.1) is 19.7 Å². The van der Waals surface area contributed by atoms with Crippen molar-refractivity contribution in [3.05, 3.63) is 57.0 Å². The summed E-state index contributed by atoms with van der Waals surface area (Å²) in [6.45, 7) is 5.97. The molecule has 1 heterocycles. The summed E-state index contributed by atoms with van der Waals surface area (Å²) in [6, 6.07) is 7.94. The second-order valence-electron chi connectivity index (χ2n) is 4.54. The lowest BCUT2D eigenvalue weighted by Gasteiger charge is -2.14. The fourth-order valence-corrected chi connectivity index (χ4v) is 3.10. The van der Waals surface area contributed by atoms with Crippen LogP contribution in [0.5, 0.6) is 0 Å². The summed E-state index contributed by atoms with van der Waals surface area (Å²) in [5.74, 6) is -0.876. The molecule has 2 rings (SSSR count). The van der Waals surface area contributed by atoms with Gasteiger partial charge in [-0.3, -0.25) is 4.79 Å². The van der Waals surface area contributed by atoms with Crippen LogP contribution in [0.25, 0.3) is 0 Å². The van der Waals surface area contributed by atoms with Crippen LogP contribution in [-0.2, 0) is 0 Å². The van der Waals surface area contributed by atoms with Crippen LogP contribution in [-0.4, -0.2) is 5.91 Å². The van der Waals surface area contributed by atoms with Crippen LogP contribution in [0.4, 0.5) is 4.39 Å². The van der Waals surface area contributed by atoms with Crippen LogP contribution in [0.1, 0.15) is 38.6 Å². The molecule has 0 aliphatic carbocycles. The van der Waals surface area contributed by atoms with E-state index >= 15 is 0 Å². The summed E-state index contributed by atoms with van der Waals surface area (Å²) in [7, 11) is 0. The number of halogens is 1. The van der Waals surface area contributed by atoms with Crippen molar-refractivity contribution in [2.45, 2.75) is 26.8 Å². The molecule has 0 radical (unpaired) electrons. The molecule has 0 spiro atoms. The first-order valence-electron chi connectivity index (χ1n) is 6.11. The van der Waals surface area contributed by atoms with E-state index in [9.17, 15) is 9.18 Å². The number of hydrogen-bond donors (Lipinski definition) is 1. The number of hydrogen-bond acceptors (Lipinski definition) is 2. The van der Waals surface area contributed by atoms with Crippen molar-refractivity contribution in [3.8, 4) is 0 Å². The Morgan fingerprint density at radius 1 is 1.32 bits per heavy atom. The maximum Gasteiger partial charge on any atom is 0.254 e. The molecule has 0 bridgehead atoms. The summed E-state index contributed by atoms with van der Waals surface area (Å²) in [5.41, 5.74) is 1.17. The van der Waals surface area contributed by atoms with E-state index in [-0.39, 0.29) is 17.5 Å². The molecule has 0 saturated heterocycles. The van der Waals surface area contributed by atoms with Crippen molar-refractivity contribution in [1.82, 2.24) is 5.32 Å². The summed E-state index contributed by atoms with van der Waals surface area (Å²) in [6.07, 6.45) is 0. The van der Waals surface area contributed by atoms with Crippen LogP contribution in [0.15, 0.2) is 30.3 Å². The number of carbonyl (C=O) groups excluding carboxylic acids is 1. The molecule has 0 aliphatic heterocycles. The smallest absolute Gasteiger partial charge is 0.254 e. The van der Waals surface area contributed by atoms with Gasteiger partial charge in [-0.2, -0.15) is 0 Å². The van der Waals surface area contributed by atoms with Gasteiger partial charge in [-0.05, 0) is 44.5 Å². The maximum absolute atomic E-state index is 13.5. The van der Waals surface area contributed by atoms with Gasteiger partial charge in [-0.25, -0.2) is 4.39 Å². The molecule has 2 nitrogen and oxygen atoms in total. The number of rotatable bonds is 3. The molecule has 1 unspecified atom stereocenters. The van der Waals surface area contributed by atoms with Crippen molar-refractivity contribution in [2.24, 2.45) is 0 Å². The molecule has 1 aromatic heterocycles. The summed E-state index contributed by atoms with van der Waals surface area (Å²) in [5, 5.41) is 2.84. The Hall–Kier alpha value is -1.68. The molecule has 1 N–H and O–H groups in total. The van der Waals surface area contributed by atoms with Crippen molar-refractivity contribution in [1.29, 1.82) is 0 Å². The van der Waals surface area contributed by atoms with Crippen LogP contribution < -0.4 is 5.32 Å². The Morgan fingerprint density at radius 2 is 2.00 bits per heavy atom. The average molecular weight is 277 g/mol. The first kappa shape index (κ1) is 13.7. The number of thiophene rings is 1. The van der Waals surface area contributed by atoms with E-state index in [1.165, 1.54) is 21.9 Å². The predicted octanol–water partition coefficient (Wildman–Crippen LogP) is 4.00. The maximum atomic E-state index is 13.5. The van der Waals surface area contributed by atoms with E-state index in [4.69, 9.17) is 0 Å². The molecule has 0 saturated carbocycles. The van der Waals surface area contributed by atoms with E-state index in [1.54, 1.807) is 23.5 Å². The fourth-order valence-electron chi connectivity index (χ4n) is 2.08. The highest BCUT2D eigenvalue weighted by Gasteiger charge is 2.16. The van der Waals surface area contributed by atoms with Crippen LogP contribution >= 0.6 is 11.3 Å². The lowest BCUT2D eigenvalue weighted by atomic mass is 10.1. The third-order valence-corrected chi connectivity index (χ3v) is 3.99. The van der Waals surface area contributed by atoms with Crippen molar-refractivity contribution in [3.63, 3.8) is 0 Å². The highest BCUT2D eigenvalue weighted by Crippen LogP contribution is 2.26. The minimum atomic E-state index is -0.495. The van der Waals surface area contributed by atoms with E-state index in [0.29, 0.717) is 0 Å². The largest absolute Gasteiger partial charge is 0.345 e. The van der Waals surface area contributed by atoms with Gasteiger partial charge in [0.1, 0.15) is 5.82 Å². The zero-order valence-electron chi connectivity index (χ0n) is 11.2. The predicted molar refractivity (Wildman–Crippen MR) is 76.1 cm³/mol. The van der Waals surface area contributed by atoms with E-state index in [0.717, 1.165) is 5.56 Å². The second-order valence-corrected chi connectivity index (χ2v) is 6.00. The zero-order chi connectivity index (χ0) is 14.0. The van der Waals surface area contributed by atoms with Gasteiger partial charge in [0.05, 0.1) is 11.6 Å². The van der Waals surface area contributed by atoms with E-state index in [1.807, 2.05) is 20.8 Å². The van der Waals surface area contributed by atoms with Crippen molar-refractivity contribution >= 4 is 17.2 Å². The Morgan fingerprint density at radius 3 is 2.58 bits per heavy atom. The van der Waals surface area contributed by atoms with Gasteiger partial charge < -0.3 is 5.32 Å². The number of amides is 1. The second kappa shape index (κ2) is 5.53. The van der Waals surface area contributed by atoms with Crippen molar-refractivity contribution in [2.75, 3.05) is 0 Å². The van der Waals surface area contributed by atoms with Gasteiger partial charge in [0.15, 0.2) is 0 Å². The highest BCUT2D eigenvalue weighted by molar-refractivity contribution is 7.12. The molecule has 1 amide bonds. The molecular weight excluding hydrogens is 261 g/mol. The molecule has 1 atom stereocenters. The standard InChI is InChI=1S/C15H16FNOS/c1-9-8-13(11(3)19-9)10(2)17-15(18)12-6-4-5-7-14(12)16/h4-8,10H,1-3H3,(H,17,18). The Kier molecular flexibility index (Phi) is 4.00. The summed E-state index contributed by atoms with van der Waals surface area (Å²) >= 11 is 1.70. The first-order valence-corrected chi connectivity index (χ1v) is 6.93. The quantitative estimate of drug-likeness (QED) is 0.903. The Labute approximate surface area is 116 Å². The Bertz CT molecular complexity index is 606. The summed E-state index contributed by atoms with van der Waals surface area (Å²) in [4.78, 5) is 14.4. The van der Waals surface area contributed by atoms with E-state index < -0.39 is 5.82 Å². The molecule has 0 aliphatic rings. The van der Waals surface area contributed by atoms with Crippen LogP contribution in [0.3, 0.4) is 0 Å². The van der Waals surface area contributed by atoms with Gasteiger partial charge >= 0.3 is 0 Å². The molecular formula is C15H16FNOS. The number of aryl methyl sites for hydroxylation is 2. The van der Waals surface area contributed by atoms with Gasteiger partial charge in [-0.1, -0.05) is 12.1 Å². The van der Waals surface area contributed by atoms with Crippen molar-refractivity contribution < 1.29 is 9.18 Å². The zero-order valence-corrected chi connectivity index (χ0v) is 12.0. The number of carbonyl (C=O) groups is 1. The van der Waals surface area contributed by atoms with Gasteiger partial charge in [0.25, 0.3) is 5.91 Å². The van der Waals surface area contributed by atoms with Crippen LogP contribution in [0.2, 0.25) is 0 Å². The minimum absolute atomic E-state index is 0.0824. The van der Waals surface area contributed by atoms with E-state index in [2.05, 4.69) is 11.4 Å². The molecule has 19 heavy (non-hydrogen) atoms. The fraction of sp³-hybridized carbons (Fsp3) is 0.267.